The zero-order valence-corrected chi connectivity index (χ0v) is 17.4. The van der Waals surface area contributed by atoms with Gasteiger partial charge in [-0.05, 0) is 49.1 Å². The average molecular weight is 394 g/mol. The Bertz CT molecular complexity index is 1080. The number of carbonyl (C=O) groups excluding carboxylic acids is 1. The maximum Gasteiger partial charge on any atom is 0.347 e. The average Bonchev–Trinajstić information content (AvgIpc) is 2.65. The van der Waals surface area contributed by atoms with Crippen LogP contribution >= 0.6 is 0 Å². The lowest BCUT2D eigenvalue weighted by atomic mass is 9.87. The molecule has 3 rings (SSSR count). The molecule has 0 aliphatic heterocycles. The highest BCUT2D eigenvalue weighted by Gasteiger charge is 2.18. The molecule has 2 heterocycles. The Kier molecular flexibility index (Phi) is 5.73. The maximum absolute atomic E-state index is 12.3. The minimum atomic E-state index is -0.778. The lowest BCUT2D eigenvalue weighted by molar-refractivity contribution is -0.152. The van der Waals surface area contributed by atoms with Gasteiger partial charge in [0, 0.05) is 11.8 Å². The second-order valence-electron chi connectivity index (χ2n) is 8.09. The van der Waals surface area contributed by atoms with Crippen molar-refractivity contribution >= 4 is 11.6 Å². The third-order valence-corrected chi connectivity index (χ3v) is 4.66. The van der Waals surface area contributed by atoms with Crippen molar-refractivity contribution in [3.8, 4) is 5.75 Å². The first-order valence-electron chi connectivity index (χ1n) is 9.57. The van der Waals surface area contributed by atoms with Gasteiger partial charge in [0.15, 0.2) is 6.10 Å². The van der Waals surface area contributed by atoms with E-state index in [1.54, 1.807) is 13.0 Å². The van der Waals surface area contributed by atoms with Crippen molar-refractivity contribution in [3.63, 3.8) is 0 Å². The molecule has 0 bridgehead atoms. The number of carbonyl (C=O) groups is 1. The molecule has 0 amide bonds. The molecular weight excluding hydrogens is 368 g/mol. The Hall–Kier alpha value is -3.15. The number of rotatable bonds is 5. The topological polar surface area (TPSA) is 69.9 Å². The minimum absolute atomic E-state index is 0.0488. The lowest BCUT2D eigenvalue weighted by Crippen LogP contribution is -2.26. The number of esters is 1. The van der Waals surface area contributed by atoms with Crippen LogP contribution < -0.4 is 10.3 Å². The van der Waals surface area contributed by atoms with Gasteiger partial charge in [0.25, 0.3) is 5.56 Å². The Labute approximate surface area is 170 Å². The van der Waals surface area contributed by atoms with Crippen molar-refractivity contribution in [1.82, 2.24) is 9.38 Å². The number of aromatic nitrogens is 2. The van der Waals surface area contributed by atoms with E-state index < -0.39 is 12.1 Å². The van der Waals surface area contributed by atoms with Crippen LogP contribution in [0.1, 0.15) is 44.6 Å². The summed E-state index contributed by atoms with van der Waals surface area (Å²) in [5.41, 5.74) is 2.74. The van der Waals surface area contributed by atoms with Gasteiger partial charge in [0.2, 0.25) is 0 Å². The first kappa shape index (κ1) is 20.6. The number of hydrogen-bond donors (Lipinski definition) is 0. The number of aryl methyl sites for hydroxylation is 1. The van der Waals surface area contributed by atoms with Gasteiger partial charge >= 0.3 is 5.97 Å². The first-order chi connectivity index (χ1) is 13.6. The minimum Gasteiger partial charge on any atom is -0.479 e. The SMILES string of the molecule is Cc1cccc2nc(COC(=O)[C@H](C)Oc3ccc(C(C)(C)C)cc3)cc(=O)n12. The predicted molar refractivity (Wildman–Crippen MR) is 111 cm³/mol. The van der Waals surface area contributed by atoms with E-state index in [0.29, 0.717) is 17.1 Å². The summed E-state index contributed by atoms with van der Waals surface area (Å²) in [6, 6.07) is 14.5. The van der Waals surface area contributed by atoms with Gasteiger partial charge in [-0.2, -0.15) is 0 Å². The second kappa shape index (κ2) is 8.07. The Morgan fingerprint density at radius 2 is 1.83 bits per heavy atom. The molecule has 0 fully saturated rings. The Morgan fingerprint density at radius 1 is 1.14 bits per heavy atom. The lowest BCUT2D eigenvalue weighted by Gasteiger charge is -2.20. The highest BCUT2D eigenvalue weighted by molar-refractivity contribution is 5.74. The molecule has 0 aliphatic carbocycles. The third-order valence-electron chi connectivity index (χ3n) is 4.66. The standard InChI is InChI=1S/C23H26N2O4/c1-15-7-6-8-20-24-18(13-21(26)25(15)20)14-28-22(27)16(2)29-19-11-9-17(10-12-19)23(3,4)5/h6-13,16H,14H2,1-5H3/t16-/m0/s1. The molecule has 29 heavy (non-hydrogen) atoms. The summed E-state index contributed by atoms with van der Waals surface area (Å²) < 4.78 is 12.5. The van der Waals surface area contributed by atoms with E-state index in [9.17, 15) is 9.59 Å². The molecule has 6 nitrogen and oxygen atoms in total. The van der Waals surface area contributed by atoms with Crippen LogP contribution in [0.25, 0.3) is 5.65 Å². The number of benzene rings is 1. The van der Waals surface area contributed by atoms with Crippen LogP contribution in [-0.4, -0.2) is 21.5 Å². The van der Waals surface area contributed by atoms with Crippen LogP contribution in [0.4, 0.5) is 0 Å². The maximum atomic E-state index is 12.3. The Balaban J connectivity index is 1.63. The van der Waals surface area contributed by atoms with Gasteiger partial charge in [0.1, 0.15) is 18.0 Å². The molecule has 152 valence electrons. The predicted octanol–water partition coefficient (Wildman–Crippen LogP) is 3.81. The number of pyridine rings is 1. The zero-order chi connectivity index (χ0) is 21.2. The molecule has 6 heteroatoms. The number of hydrogen-bond acceptors (Lipinski definition) is 5. The van der Waals surface area contributed by atoms with Crippen LogP contribution in [0, 0.1) is 6.92 Å². The molecule has 0 radical (unpaired) electrons. The number of nitrogens with zero attached hydrogens (tertiary/aromatic N) is 2. The van der Waals surface area contributed by atoms with E-state index in [1.807, 2.05) is 43.3 Å². The summed E-state index contributed by atoms with van der Waals surface area (Å²) in [4.78, 5) is 29.0. The zero-order valence-electron chi connectivity index (χ0n) is 17.4. The summed E-state index contributed by atoms with van der Waals surface area (Å²) in [6.07, 6.45) is -0.778. The van der Waals surface area contributed by atoms with Gasteiger partial charge in [-0.3, -0.25) is 9.20 Å². The monoisotopic (exact) mass is 394 g/mol. The third kappa shape index (κ3) is 4.83. The van der Waals surface area contributed by atoms with Gasteiger partial charge in [0.05, 0.1) is 5.69 Å². The molecule has 2 aromatic heterocycles. The molecular formula is C23H26N2O4. The number of ether oxygens (including phenoxy) is 2. The molecule has 0 unspecified atom stereocenters. The van der Waals surface area contributed by atoms with Gasteiger partial charge in [-0.1, -0.05) is 39.0 Å². The van der Waals surface area contributed by atoms with E-state index in [0.717, 1.165) is 5.69 Å². The van der Waals surface area contributed by atoms with Crippen LogP contribution in [0.15, 0.2) is 53.3 Å². The van der Waals surface area contributed by atoms with Crippen LogP contribution in [0.5, 0.6) is 5.75 Å². The highest BCUT2D eigenvalue weighted by atomic mass is 16.6. The van der Waals surface area contributed by atoms with Crippen molar-refractivity contribution in [3.05, 3.63) is 75.8 Å². The van der Waals surface area contributed by atoms with Crippen LogP contribution in [-0.2, 0) is 21.6 Å². The first-order valence-corrected chi connectivity index (χ1v) is 9.57. The summed E-state index contributed by atoms with van der Waals surface area (Å²) >= 11 is 0. The second-order valence-corrected chi connectivity index (χ2v) is 8.09. The number of fused-ring (bicyclic) bond motifs is 1. The molecule has 0 saturated heterocycles. The molecule has 0 saturated carbocycles. The normalized spacial score (nSPS) is 12.6. The smallest absolute Gasteiger partial charge is 0.347 e. The van der Waals surface area contributed by atoms with Crippen molar-refractivity contribution in [2.75, 3.05) is 0 Å². The van der Waals surface area contributed by atoms with Gasteiger partial charge in [-0.15, -0.1) is 0 Å². The van der Waals surface area contributed by atoms with E-state index in [-0.39, 0.29) is 17.6 Å². The van der Waals surface area contributed by atoms with E-state index in [1.165, 1.54) is 16.0 Å². The molecule has 1 atom stereocenters. The molecule has 0 aliphatic rings. The van der Waals surface area contributed by atoms with E-state index in [4.69, 9.17) is 9.47 Å². The molecule has 3 aromatic rings. The summed E-state index contributed by atoms with van der Waals surface area (Å²) in [6.45, 7) is 9.79. The highest BCUT2D eigenvalue weighted by Crippen LogP contribution is 2.24. The van der Waals surface area contributed by atoms with Crippen LogP contribution in [0.2, 0.25) is 0 Å². The fourth-order valence-corrected chi connectivity index (χ4v) is 2.99. The molecule has 0 N–H and O–H groups in total. The van der Waals surface area contributed by atoms with Crippen molar-refractivity contribution in [2.24, 2.45) is 0 Å². The largest absolute Gasteiger partial charge is 0.479 e. The molecule has 1 aromatic carbocycles. The fourth-order valence-electron chi connectivity index (χ4n) is 2.99. The van der Waals surface area contributed by atoms with Gasteiger partial charge in [-0.25, -0.2) is 9.78 Å². The Morgan fingerprint density at radius 3 is 2.48 bits per heavy atom. The van der Waals surface area contributed by atoms with Gasteiger partial charge < -0.3 is 9.47 Å². The summed E-state index contributed by atoms with van der Waals surface area (Å²) in [5, 5.41) is 0. The van der Waals surface area contributed by atoms with Crippen molar-refractivity contribution in [2.45, 2.75) is 52.7 Å². The summed E-state index contributed by atoms with van der Waals surface area (Å²) in [7, 11) is 0. The van der Waals surface area contributed by atoms with E-state index in [2.05, 4.69) is 25.8 Å². The van der Waals surface area contributed by atoms with Crippen molar-refractivity contribution in [1.29, 1.82) is 0 Å². The summed E-state index contributed by atoms with van der Waals surface area (Å²) in [5.74, 6) is 0.0798. The van der Waals surface area contributed by atoms with Crippen molar-refractivity contribution < 1.29 is 14.3 Å². The fraction of sp³-hybridized carbons (Fsp3) is 0.348. The van der Waals surface area contributed by atoms with Crippen LogP contribution in [0.3, 0.4) is 0 Å². The van der Waals surface area contributed by atoms with E-state index >= 15 is 0 Å². The quantitative estimate of drug-likeness (QED) is 0.616. The molecule has 0 spiro atoms.